The molecular weight excluding hydrogens is 437 g/mol. The lowest BCUT2D eigenvalue weighted by Gasteiger charge is -2.13. The zero-order chi connectivity index (χ0) is 17.1. The van der Waals surface area contributed by atoms with E-state index in [9.17, 15) is 8.42 Å². The minimum atomic E-state index is -3.68. The lowest BCUT2D eigenvalue weighted by molar-refractivity contribution is 0.588. The SMILES string of the molecule is Cc1ccc(S(=O)(=O)n2c(I)cc3c4c(cnc32)CCN4C)cc1. The number of pyridine rings is 1. The van der Waals surface area contributed by atoms with Gasteiger partial charge in [-0.15, -0.1) is 0 Å². The Morgan fingerprint density at radius 3 is 2.62 bits per heavy atom. The summed E-state index contributed by atoms with van der Waals surface area (Å²) in [6.45, 7) is 2.87. The molecule has 0 aliphatic carbocycles. The highest BCUT2D eigenvalue weighted by atomic mass is 127. The zero-order valence-electron chi connectivity index (χ0n) is 13.3. The van der Waals surface area contributed by atoms with Crippen LogP contribution in [0.2, 0.25) is 0 Å². The van der Waals surface area contributed by atoms with Gasteiger partial charge in [0.1, 0.15) is 0 Å². The molecule has 3 aromatic rings. The Kier molecular flexibility index (Phi) is 3.61. The van der Waals surface area contributed by atoms with E-state index >= 15 is 0 Å². The van der Waals surface area contributed by atoms with Crippen molar-refractivity contribution in [3.63, 3.8) is 0 Å². The van der Waals surface area contributed by atoms with Crippen LogP contribution in [0.15, 0.2) is 41.4 Å². The van der Waals surface area contributed by atoms with Crippen LogP contribution in [0.3, 0.4) is 0 Å². The van der Waals surface area contributed by atoms with Crippen LogP contribution in [0.5, 0.6) is 0 Å². The maximum Gasteiger partial charge on any atom is 0.270 e. The lowest BCUT2D eigenvalue weighted by atomic mass is 10.2. The van der Waals surface area contributed by atoms with E-state index in [2.05, 4.69) is 32.5 Å². The molecule has 1 aliphatic heterocycles. The molecule has 3 heterocycles. The molecule has 5 nitrogen and oxygen atoms in total. The van der Waals surface area contributed by atoms with Gasteiger partial charge in [-0.05, 0) is 59.7 Å². The Hall–Kier alpha value is -1.61. The molecule has 0 N–H and O–H groups in total. The molecule has 7 heteroatoms. The normalized spacial score (nSPS) is 14.4. The molecule has 2 aromatic heterocycles. The number of halogens is 1. The molecule has 0 amide bonds. The van der Waals surface area contributed by atoms with Gasteiger partial charge < -0.3 is 4.90 Å². The lowest BCUT2D eigenvalue weighted by Crippen LogP contribution is -2.15. The topological polar surface area (TPSA) is 55.2 Å². The van der Waals surface area contributed by atoms with Gasteiger partial charge in [-0.2, -0.15) is 0 Å². The summed E-state index contributed by atoms with van der Waals surface area (Å²) in [5, 5.41) is 0.896. The first kappa shape index (κ1) is 15.9. The molecule has 0 radical (unpaired) electrons. The van der Waals surface area contributed by atoms with Crippen molar-refractivity contribution in [1.29, 1.82) is 0 Å². The van der Waals surface area contributed by atoms with Crippen molar-refractivity contribution in [2.24, 2.45) is 0 Å². The summed E-state index contributed by atoms with van der Waals surface area (Å²) in [4.78, 5) is 6.91. The van der Waals surface area contributed by atoms with Gasteiger partial charge in [-0.3, -0.25) is 0 Å². The van der Waals surface area contributed by atoms with Gasteiger partial charge >= 0.3 is 0 Å². The molecule has 0 saturated heterocycles. The van der Waals surface area contributed by atoms with Gasteiger partial charge in [0.15, 0.2) is 5.65 Å². The number of benzene rings is 1. The van der Waals surface area contributed by atoms with E-state index < -0.39 is 10.0 Å². The molecule has 1 aromatic carbocycles. The van der Waals surface area contributed by atoms with Crippen molar-refractivity contribution >= 4 is 49.3 Å². The summed E-state index contributed by atoms with van der Waals surface area (Å²) < 4.78 is 28.2. The van der Waals surface area contributed by atoms with Crippen LogP contribution in [-0.2, 0) is 16.4 Å². The van der Waals surface area contributed by atoms with Crippen LogP contribution >= 0.6 is 22.6 Å². The first-order valence-electron chi connectivity index (χ1n) is 7.62. The summed E-state index contributed by atoms with van der Waals surface area (Å²) in [5.74, 6) is 0. The van der Waals surface area contributed by atoms with E-state index in [1.165, 1.54) is 9.54 Å². The molecule has 24 heavy (non-hydrogen) atoms. The maximum atomic E-state index is 13.1. The number of hydrogen-bond acceptors (Lipinski definition) is 4. The third kappa shape index (κ3) is 2.25. The summed E-state index contributed by atoms with van der Waals surface area (Å²) in [6, 6.07) is 8.82. The van der Waals surface area contributed by atoms with E-state index in [0.29, 0.717) is 9.35 Å². The molecule has 124 valence electrons. The molecule has 0 bridgehead atoms. The predicted octanol–water partition coefficient (Wildman–Crippen LogP) is 3.18. The third-order valence-corrected chi connectivity index (χ3v) is 7.29. The standard InChI is InChI=1S/C17H16IN3O2S/c1-11-3-5-13(6-4-11)24(22,23)21-15(18)9-14-16-12(7-8-20(16)2)10-19-17(14)21/h3-6,9-10H,7-8H2,1-2H3. The van der Waals surface area contributed by atoms with Crippen LogP contribution in [0.25, 0.3) is 11.0 Å². The fourth-order valence-corrected chi connectivity index (χ4v) is 5.86. The minimum absolute atomic E-state index is 0.277. The highest BCUT2D eigenvalue weighted by Crippen LogP contribution is 2.36. The molecule has 0 fully saturated rings. The molecule has 0 unspecified atom stereocenters. The average molecular weight is 453 g/mol. The Morgan fingerprint density at radius 2 is 1.92 bits per heavy atom. The number of likely N-dealkylation sites (N-methyl/N-ethyl adjacent to an activating group) is 1. The Morgan fingerprint density at radius 1 is 1.21 bits per heavy atom. The highest BCUT2D eigenvalue weighted by molar-refractivity contribution is 14.1. The second-order valence-corrected chi connectivity index (χ2v) is 8.98. The third-order valence-electron chi connectivity index (χ3n) is 4.45. The van der Waals surface area contributed by atoms with Gasteiger partial charge in [-0.1, -0.05) is 17.7 Å². The summed E-state index contributed by atoms with van der Waals surface area (Å²) in [6.07, 6.45) is 2.75. The van der Waals surface area contributed by atoms with Crippen LogP contribution in [-0.4, -0.2) is 31.0 Å². The number of hydrogen-bond donors (Lipinski definition) is 0. The molecule has 4 rings (SSSR count). The number of rotatable bonds is 2. The summed E-state index contributed by atoms with van der Waals surface area (Å²) in [5.41, 5.74) is 3.79. The van der Waals surface area contributed by atoms with Gasteiger partial charge in [0.25, 0.3) is 10.0 Å². The number of nitrogens with zero attached hydrogens (tertiary/aromatic N) is 3. The van der Waals surface area contributed by atoms with E-state index in [1.807, 2.05) is 32.2 Å². The van der Waals surface area contributed by atoms with Gasteiger partial charge in [0.2, 0.25) is 0 Å². The molecule has 0 spiro atoms. The quantitative estimate of drug-likeness (QED) is 0.560. The second-order valence-electron chi connectivity index (χ2n) is 6.09. The molecule has 0 atom stereocenters. The first-order valence-corrected chi connectivity index (χ1v) is 10.1. The fraction of sp³-hybridized carbons (Fsp3) is 0.235. The number of aromatic nitrogens is 2. The molecule has 0 saturated carbocycles. The van der Waals surface area contributed by atoms with Crippen LogP contribution in [0.4, 0.5) is 5.69 Å². The molecule has 1 aliphatic rings. The van der Waals surface area contributed by atoms with Crippen molar-refractivity contribution in [1.82, 2.24) is 8.96 Å². The first-order chi connectivity index (χ1) is 11.4. The number of anilines is 1. The van der Waals surface area contributed by atoms with E-state index in [4.69, 9.17) is 0 Å². The van der Waals surface area contributed by atoms with E-state index in [0.717, 1.165) is 29.6 Å². The Bertz CT molecular complexity index is 1060. The maximum absolute atomic E-state index is 13.1. The van der Waals surface area contributed by atoms with Crippen LogP contribution < -0.4 is 4.90 Å². The van der Waals surface area contributed by atoms with Gasteiger partial charge in [0.05, 0.1) is 14.3 Å². The van der Waals surface area contributed by atoms with Crippen molar-refractivity contribution in [2.75, 3.05) is 18.5 Å². The fourth-order valence-electron chi connectivity index (χ4n) is 3.20. The Balaban J connectivity index is 1.99. The summed E-state index contributed by atoms with van der Waals surface area (Å²) in [7, 11) is -1.64. The van der Waals surface area contributed by atoms with Crippen molar-refractivity contribution in [3.8, 4) is 0 Å². The largest absolute Gasteiger partial charge is 0.373 e. The van der Waals surface area contributed by atoms with E-state index in [-0.39, 0.29) is 4.90 Å². The van der Waals surface area contributed by atoms with Crippen molar-refractivity contribution in [3.05, 3.63) is 51.4 Å². The highest BCUT2D eigenvalue weighted by Gasteiger charge is 2.27. The van der Waals surface area contributed by atoms with Crippen LogP contribution in [0, 0.1) is 10.6 Å². The predicted molar refractivity (Wildman–Crippen MR) is 103 cm³/mol. The van der Waals surface area contributed by atoms with Crippen molar-refractivity contribution < 1.29 is 8.42 Å². The van der Waals surface area contributed by atoms with E-state index in [1.54, 1.807) is 18.3 Å². The minimum Gasteiger partial charge on any atom is -0.373 e. The van der Waals surface area contributed by atoms with Gasteiger partial charge in [-0.25, -0.2) is 17.4 Å². The van der Waals surface area contributed by atoms with Crippen LogP contribution in [0.1, 0.15) is 11.1 Å². The molecular formula is C17H16IN3O2S. The monoisotopic (exact) mass is 453 g/mol. The second kappa shape index (κ2) is 5.45. The van der Waals surface area contributed by atoms with Crippen molar-refractivity contribution in [2.45, 2.75) is 18.2 Å². The smallest absolute Gasteiger partial charge is 0.270 e. The number of aryl methyl sites for hydroxylation is 1. The Labute approximate surface area is 154 Å². The average Bonchev–Trinajstić information content (AvgIpc) is 3.07. The van der Waals surface area contributed by atoms with Gasteiger partial charge in [0, 0.05) is 25.2 Å². The zero-order valence-corrected chi connectivity index (χ0v) is 16.3. The number of fused-ring (bicyclic) bond motifs is 3. The summed E-state index contributed by atoms with van der Waals surface area (Å²) >= 11 is 2.07.